The van der Waals surface area contributed by atoms with E-state index in [2.05, 4.69) is 0 Å². The number of rotatable bonds is 4. The molecule has 0 radical (unpaired) electrons. The molecule has 1 aromatic heterocycles. The second-order valence-corrected chi connectivity index (χ2v) is 4.92. The zero-order valence-electron chi connectivity index (χ0n) is 11.6. The topological polar surface area (TPSA) is 48.4 Å². The molecule has 0 saturated heterocycles. The number of methoxy groups -OCH3 is 1. The minimum absolute atomic E-state index is 0.297. The molecule has 2 aromatic carbocycles. The Morgan fingerprint density at radius 1 is 1.10 bits per heavy atom. The highest BCUT2D eigenvalue weighted by Crippen LogP contribution is 2.33. The van der Waals surface area contributed by atoms with E-state index < -0.39 is 6.04 Å². The summed E-state index contributed by atoms with van der Waals surface area (Å²) in [4.78, 5) is 0. The van der Waals surface area contributed by atoms with E-state index in [1.807, 2.05) is 30.3 Å². The molecule has 0 amide bonds. The van der Waals surface area contributed by atoms with Crippen LogP contribution >= 0.6 is 0 Å². The van der Waals surface area contributed by atoms with Gasteiger partial charge in [-0.25, -0.2) is 4.39 Å². The summed E-state index contributed by atoms with van der Waals surface area (Å²) in [6, 6.07) is 15.4. The maximum atomic E-state index is 13.2. The third-order valence-corrected chi connectivity index (χ3v) is 3.53. The Morgan fingerprint density at radius 3 is 2.57 bits per heavy atom. The quantitative estimate of drug-likeness (QED) is 0.789. The lowest BCUT2D eigenvalue weighted by atomic mass is 10.0. The summed E-state index contributed by atoms with van der Waals surface area (Å²) in [6.45, 7) is 0. The first-order valence-electron chi connectivity index (χ1n) is 6.71. The van der Waals surface area contributed by atoms with Crippen molar-refractivity contribution in [3.63, 3.8) is 0 Å². The molecule has 2 N–H and O–H groups in total. The largest absolute Gasteiger partial charge is 0.459 e. The van der Waals surface area contributed by atoms with Gasteiger partial charge in [0, 0.05) is 12.5 Å². The summed E-state index contributed by atoms with van der Waals surface area (Å²) >= 11 is 0. The molecule has 4 heteroatoms. The molecule has 3 aromatic rings. The predicted octanol–water partition coefficient (Wildman–Crippen LogP) is 3.96. The molecule has 0 fully saturated rings. The van der Waals surface area contributed by atoms with Gasteiger partial charge in [-0.15, -0.1) is 0 Å². The van der Waals surface area contributed by atoms with Gasteiger partial charge in [-0.3, -0.25) is 0 Å². The zero-order chi connectivity index (χ0) is 14.8. The summed E-state index contributed by atoms with van der Waals surface area (Å²) in [5, 5.41) is 0.698. The standard InChI is InChI=1S/C17H16FNO2/c1-20-17(11-5-3-2-4-6-11)16(19)15-10-12-9-13(18)7-8-14(12)21-15/h2-10,16-17H,19H2,1H3. The van der Waals surface area contributed by atoms with Crippen LogP contribution < -0.4 is 5.73 Å². The highest BCUT2D eigenvalue weighted by Gasteiger charge is 2.24. The van der Waals surface area contributed by atoms with E-state index in [-0.39, 0.29) is 11.9 Å². The van der Waals surface area contributed by atoms with Crippen LogP contribution in [0.2, 0.25) is 0 Å². The van der Waals surface area contributed by atoms with Gasteiger partial charge in [0.1, 0.15) is 23.3 Å². The average molecular weight is 285 g/mol. The third-order valence-electron chi connectivity index (χ3n) is 3.53. The van der Waals surface area contributed by atoms with Gasteiger partial charge in [0.05, 0.1) is 6.04 Å². The second-order valence-electron chi connectivity index (χ2n) is 4.92. The SMILES string of the molecule is COC(c1ccccc1)C(N)c1cc2cc(F)ccc2o1. The average Bonchev–Trinajstić information content (AvgIpc) is 2.92. The Bertz CT molecular complexity index is 739. The number of nitrogens with two attached hydrogens (primary N) is 1. The number of fused-ring (bicyclic) bond motifs is 1. The lowest BCUT2D eigenvalue weighted by Crippen LogP contribution is -2.20. The van der Waals surface area contributed by atoms with Crippen LogP contribution in [0.15, 0.2) is 59.0 Å². The Balaban J connectivity index is 1.96. The Labute approximate surface area is 122 Å². The van der Waals surface area contributed by atoms with E-state index in [1.165, 1.54) is 12.1 Å². The first kappa shape index (κ1) is 13.8. The fourth-order valence-electron chi connectivity index (χ4n) is 2.48. The van der Waals surface area contributed by atoms with Gasteiger partial charge in [0.2, 0.25) is 0 Å². The second kappa shape index (κ2) is 5.68. The van der Waals surface area contributed by atoms with E-state index in [0.29, 0.717) is 16.7 Å². The van der Waals surface area contributed by atoms with Crippen LogP contribution in [0.25, 0.3) is 11.0 Å². The molecule has 0 spiro atoms. The van der Waals surface area contributed by atoms with Crippen molar-refractivity contribution in [3.8, 4) is 0 Å². The van der Waals surface area contributed by atoms with Crippen LogP contribution in [0, 0.1) is 5.82 Å². The minimum atomic E-state index is -0.465. The number of hydrogen-bond acceptors (Lipinski definition) is 3. The summed E-state index contributed by atoms with van der Waals surface area (Å²) < 4.78 is 24.5. The van der Waals surface area contributed by atoms with Crippen LogP contribution in [0.4, 0.5) is 4.39 Å². The van der Waals surface area contributed by atoms with E-state index in [1.54, 1.807) is 19.2 Å². The van der Waals surface area contributed by atoms with Crippen molar-refractivity contribution in [2.45, 2.75) is 12.1 Å². The summed E-state index contributed by atoms with van der Waals surface area (Å²) in [5.41, 5.74) is 7.86. The number of benzene rings is 2. The van der Waals surface area contributed by atoms with Gasteiger partial charge in [-0.2, -0.15) is 0 Å². The molecule has 0 aliphatic carbocycles. The molecular weight excluding hydrogens is 269 g/mol. The van der Waals surface area contributed by atoms with Crippen LogP contribution in [0.3, 0.4) is 0 Å². The Morgan fingerprint density at radius 2 is 1.86 bits per heavy atom. The maximum Gasteiger partial charge on any atom is 0.134 e. The number of ether oxygens (including phenoxy) is 1. The summed E-state index contributed by atoms with van der Waals surface area (Å²) in [7, 11) is 1.61. The normalized spacial score (nSPS) is 14.2. The number of furan rings is 1. The van der Waals surface area contributed by atoms with Gasteiger partial charge >= 0.3 is 0 Å². The van der Waals surface area contributed by atoms with Crippen LogP contribution in [0.5, 0.6) is 0 Å². The van der Waals surface area contributed by atoms with Crippen LogP contribution in [-0.4, -0.2) is 7.11 Å². The minimum Gasteiger partial charge on any atom is -0.459 e. The fraction of sp³-hybridized carbons (Fsp3) is 0.176. The van der Waals surface area contributed by atoms with E-state index in [0.717, 1.165) is 5.56 Å². The third kappa shape index (κ3) is 2.68. The van der Waals surface area contributed by atoms with Gasteiger partial charge in [0.25, 0.3) is 0 Å². The first-order valence-corrected chi connectivity index (χ1v) is 6.71. The predicted molar refractivity (Wildman–Crippen MR) is 79.3 cm³/mol. The zero-order valence-corrected chi connectivity index (χ0v) is 11.6. The van der Waals surface area contributed by atoms with Gasteiger partial charge in [-0.1, -0.05) is 30.3 Å². The molecule has 3 nitrogen and oxygen atoms in total. The number of hydrogen-bond donors (Lipinski definition) is 1. The molecule has 0 bridgehead atoms. The Hall–Kier alpha value is -2.17. The highest BCUT2D eigenvalue weighted by atomic mass is 19.1. The summed E-state index contributed by atoms with van der Waals surface area (Å²) in [6.07, 6.45) is -0.323. The summed E-state index contributed by atoms with van der Waals surface area (Å²) in [5.74, 6) is 0.279. The fourth-order valence-corrected chi connectivity index (χ4v) is 2.48. The molecule has 3 rings (SSSR count). The van der Waals surface area contributed by atoms with Crippen molar-refractivity contribution in [2.24, 2.45) is 5.73 Å². The molecule has 108 valence electrons. The molecule has 0 aliphatic rings. The van der Waals surface area contributed by atoms with Crippen molar-refractivity contribution >= 4 is 11.0 Å². The molecular formula is C17H16FNO2. The molecule has 1 heterocycles. The lowest BCUT2D eigenvalue weighted by molar-refractivity contribution is 0.0741. The van der Waals surface area contributed by atoms with Crippen molar-refractivity contribution in [1.82, 2.24) is 0 Å². The van der Waals surface area contributed by atoms with Gasteiger partial charge in [0.15, 0.2) is 0 Å². The van der Waals surface area contributed by atoms with Crippen molar-refractivity contribution in [3.05, 3.63) is 71.7 Å². The lowest BCUT2D eigenvalue weighted by Gasteiger charge is -2.21. The van der Waals surface area contributed by atoms with Crippen LogP contribution in [0.1, 0.15) is 23.5 Å². The van der Waals surface area contributed by atoms with Crippen LogP contribution in [-0.2, 0) is 4.74 Å². The van der Waals surface area contributed by atoms with Crippen molar-refractivity contribution in [2.75, 3.05) is 7.11 Å². The van der Waals surface area contributed by atoms with E-state index in [9.17, 15) is 4.39 Å². The Kier molecular flexibility index (Phi) is 3.73. The first-order chi connectivity index (χ1) is 10.2. The molecule has 2 atom stereocenters. The smallest absolute Gasteiger partial charge is 0.134 e. The molecule has 21 heavy (non-hydrogen) atoms. The molecule has 0 saturated carbocycles. The van der Waals surface area contributed by atoms with E-state index >= 15 is 0 Å². The van der Waals surface area contributed by atoms with Gasteiger partial charge in [-0.05, 0) is 29.8 Å². The monoisotopic (exact) mass is 285 g/mol. The van der Waals surface area contributed by atoms with Crippen molar-refractivity contribution < 1.29 is 13.5 Å². The maximum absolute atomic E-state index is 13.2. The van der Waals surface area contributed by atoms with E-state index in [4.69, 9.17) is 14.9 Å². The van der Waals surface area contributed by atoms with Gasteiger partial charge < -0.3 is 14.9 Å². The highest BCUT2D eigenvalue weighted by molar-refractivity contribution is 5.78. The molecule has 0 aliphatic heterocycles. The molecule has 2 unspecified atom stereocenters. The van der Waals surface area contributed by atoms with Crippen molar-refractivity contribution in [1.29, 1.82) is 0 Å². The number of halogens is 1.